The summed E-state index contributed by atoms with van der Waals surface area (Å²) in [5.41, 5.74) is 7.42. The highest BCUT2D eigenvalue weighted by Gasteiger charge is 2.21. The molecule has 0 fully saturated rings. The smallest absolute Gasteiger partial charge is 0.262 e. The Morgan fingerprint density at radius 1 is 1.41 bits per heavy atom. The van der Waals surface area contributed by atoms with E-state index in [0.29, 0.717) is 17.1 Å². The molecule has 2 aromatic rings. The maximum Gasteiger partial charge on any atom is 0.262 e. The van der Waals surface area contributed by atoms with Crippen LogP contribution in [0.2, 0.25) is 0 Å². The van der Waals surface area contributed by atoms with Gasteiger partial charge in [0.05, 0.1) is 5.69 Å². The molecule has 1 aromatic heterocycles. The average molecular weight is 231 g/mol. The summed E-state index contributed by atoms with van der Waals surface area (Å²) in [6.45, 7) is -0.00263. The molecule has 0 saturated heterocycles. The van der Waals surface area contributed by atoms with E-state index in [1.807, 2.05) is 6.07 Å². The first kappa shape index (κ1) is 9.71. The van der Waals surface area contributed by atoms with Crippen molar-refractivity contribution < 1.29 is 14.1 Å². The van der Waals surface area contributed by atoms with Crippen LogP contribution in [0, 0.1) is 0 Å². The molecule has 2 heterocycles. The summed E-state index contributed by atoms with van der Waals surface area (Å²) in [5, 5.41) is 6.54. The molecule has 3 N–H and O–H groups in total. The third-order valence-corrected chi connectivity index (χ3v) is 2.44. The number of hydrogen-bond donors (Lipinski definition) is 2. The number of fused-ring (bicyclic) bond motifs is 1. The zero-order valence-electron chi connectivity index (χ0n) is 8.77. The number of anilines is 2. The standard InChI is InChI=1S/C11H9N3O3/c12-9-4-8(14-17-9)6-2-1-3-7-11(6)16-5-10(15)13-7/h1-4H,5,12H2,(H,13,15). The number of amides is 1. The molecule has 0 saturated carbocycles. The van der Waals surface area contributed by atoms with Crippen LogP contribution in [0.5, 0.6) is 5.75 Å². The van der Waals surface area contributed by atoms with E-state index in [1.165, 1.54) is 0 Å². The van der Waals surface area contributed by atoms with Gasteiger partial charge in [-0.05, 0) is 12.1 Å². The van der Waals surface area contributed by atoms with Gasteiger partial charge in [0.2, 0.25) is 5.88 Å². The maximum absolute atomic E-state index is 11.2. The van der Waals surface area contributed by atoms with Crippen LogP contribution < -0.4 is 15.8 Å². The van der Waals surface area contributed by atoms with Crippen LogP contribution in [-0.2, 0) is 4.79 Å². The van der Waals surface area contributed by atoms with Gasteiger partial charge in [0.1, 0.15) is 5.69 Å². The van der Waals surface area contributed by atoms with Crippen molar-refractivity contribution in [2.24, 2.45) is 0 Å². The summed E-state index contributed by atoms with van der Waals surface area (Å²) in [7, 11) is 0. The summed E-state index contributed by atoms with van der Waals surface area (Å²) in [6.07, 6.45) is 0. The van der Waals surface area contributed by atoms with Crippen molar-refractivity contribution in [1.82, 2.24) is 5.16 Å². The number of para-hydroxylation sites is 1. The molecule has 0 radical (unpaired) electrons. The second-order valence-electron chi connectivity index (χ2n) is 3.63. The van der Waals surface area contributed by atoms with Crippen molar-refractivity contribution in [3.05, 3.63) is 24.3 Å². The van der Waals surface area contributed by atoms with Gasteiger partial charge >= 0.3 is 0 Å². The van der Waals surface area contributed by atoms with Crippen LogP contribution >= 0.6 is 0 Å². The topological polar surface area (TPSA) is 90.4 Å². The van der Waals surface area contributed by atoms with Gasteiger partial charge in [-0.25, -0.2) is 0 Å². The zero-order chi connectivity index (χ0) is 11.8. The minimum atomic E-state index is -0.172. The van der Waals surface area contributed by atoms with Gasteiger partial charge in [-0.1, -0.05) is 11.2 Å². The fourth-order valence-electron chi connectivity index (χ4n) is 1.73. The van der Waals surface area contributed by atoms with Gasteiger partial charge in [0.15, 0.2) is 12.4 Å². The molecule has 1 aliphatic rings. The number of rotatable bonds is 1. The normalized spacial score (nSPS) is 13.8. The van der Waals surface area contributed by atoms with Crippen LogP contribution in [0.15, 0.2) is 28.8 Å². The highest BCUT2D eigenvalue weighted by molar-refractivity contribution is 5.97. The molecule has 0 aliphatic carbocycles. The summed E-state index contributed by atoms with van der Waals surface area (Å²) in [6, 6.07) is 7.00. The minimum Gasteiger partial charge on any atom is -0.481 e. The average Bonchev–Trinajstić information content (AvgIpc) is 2.74. The van der Waals surface area contributed by atoms with Crippen molar-refractivity contribution in [1.29, 1.82) is 0 Å². The molecule has 0 bridgehead atoms. The van der Waals surface area contributed by atoms with Gasteiger partial charge in [-0.3, -0.25) is 4.79 Å². The molecule has 0 unspecified atom stereocenters. The van der Waals surface area contributed by atoms with Gasteiger partial charge in [0, 0.05) is 11.6 Å². The summed E-state index contributed by atoms with van der Waals surface area (Å²) < 4.78 is 10.2. The summed E-state index contributed by atoms with van der Waals surface area (Å²) >= 11 is 0. The number of nitrogen functional groups attached to an aromatic ring is 1. The van der Waals surface area contributed by atoms with E-state index < -0.39 is 0 Å². The number of carbonyl (C=O) groups excluding carboxylic acids is 1. The lowest BCUT2D eigenvalue weighted by Gasteiger charge is -2.19. The lowest BCUT2D eigenvalue weighted by Crippen LogP contribution is -2.25. The molecule has 0 atom stereocenters. The molecule has 6 nitrogen and oxygen atoms in total. The van der Waals surface area contributed by atoms with Crippen LogP contribution in [0.25, 0.3) is 11.3 Å². The monoisotopic (exact) mass is 231 g/mol. The first-order chi connectivity index (χ1) is 8.24. The molecular weight excluding hydrogens is 222 g/mol. The number of hydrogen-bond acceptors (Lipinski definition) is 5. The van der Waals surface area contributed by atoms with Gasteiger partial charge in [0.25, 0.3) is 5.91 Å². The third kappa shape index (κ3) is 1.59. The maximum atomic E-state index is 11.2. The highest BCUT2D eigenvalue weighted by atomic mass is 16.5. The largest absolute Gasteiger partial charge is 0.481 e. The van der Waals surface area contributed by atoms with Crippen LogP contribution in [0.1, 0.15) is 0 Å². The molecule has 6 heteroatoms. The second kappa shape index (κ2) is 3.51. The Balaban J connectivity index is 2.12. The number of carbonyl (C=O) groups is 1. The molecule has 17 heavy (non-hydrogen) atoms. The van der Waals surface area contributed by atoms with Crippen LogP contribution in [0.3, 0.4) is 0 Å². The number of nitrogens with zero attached hydrogens (tertiary/aromatic N) is 1. The summed E-state index contributed by atoms with van der Waals surface area (Å²) in [5.74, 6) is 0.646. The lowest BCUT2D eigenvalue weighted by molar-refractivity contribution is -0.118. The Bertz CT molecular complexity index is 591. The predicted octanol–water partition coefficient (Wildman–Crippen LogP) is 1.25. The molecule has 1 aromatic carbocycles. The van der Waals surface area contributed by atoms with Crippen molar-refractivity contribution in [3.8, 4) is 17.0 Å². The quantitative estimate of drug-likeness (QED) is 0.770. The molecular formula is C11H9N3O3. The van der Waals surface area contributed by atoms with E-state index >= 15 is 0 Å². The molecule has 1 aliphatic heterocycles. The van der Waals surface area contributed by atoms with Crippen molar-refractivity contribution in [2.45, 2.75) is 0 Å². The molecule has 1 amide bonds. The van der Waals surface area contributed by atoms with E-state index in [-0.39, 0.29) is 18.4 Å². The fraction of sp³-hybridized carbons (Fsp3) is 0.0909. The van der Waals surface area contributed by atoms with E-state index in [9.17, 15) is 4.79 Å². The number of nitrogens with two attached hydrogens (primary N) is 1. The molecule has 0 spiro atoms. The first-order valence-corrected chi connectivity index (χ1v) is 5.02. The first-order valence-electron chi connectivity index (χ1n) is 5.02. The van der Waals surface area contributed by atoms with E-state index in [4.69, 9.17) is 15.0 Å². The Hall–Kier alpha value is -2.50. The van der Waals surface area contributed by atoms with E-state index in [2.05, 4.69) is 10.5 Å². The van der Waals surface area contributed by atoms with E-state index in [0.717, 1.165) is 5.56 Å². The SMILES string of the molecule is Nc1cc(-c2cccc3c2OCC(=O)N3)no1. The lowest BCUT2D eigenvalue weighted by atomic mass is 10.1. The Kier molecular flexibility index (Phi) is 2.01. The highest BCUT2D eigenvalue weighted by Crippen LogP contribution is 2.38. The summed E-state index contributed by atoms with van der Waals surface area (Å²) in [4.78, 5) is 11.2. The second-order valence-corrected chi connectivity index (χ2v) is 3.63. The number of aromatic nitrogens is 1. The molecule has 86 valence electrons. The number of nitrogens with one attached hydrogen (secondary N) is 1. The fourth-order valence-corrected chi connectivity index (χ4v) is 1.73. The zero-order valence-corrected chi connectivity index (χ0v) is 8.77. The number of benzene rings is 1. The van der Waals surface area contributed by atoms with Crippen molar-refractivity contribution in [3.63, 3.8) is 0 Å². The van der Waals surface area contributed by atoms with Gasteiger partial charge in [-0.2, -0.15) is 0 Å². The minimum absolute atomic E-state index is 0.00263. The van der Waals surface area contributed by atoms with Gasteiger partial charge < -0.3 is 20.3 Å². The van der Waals surface area contributed by atoms with Crippen molar-refractivity contribution >= 4 is 17.5 Å². The predicted molar refractivity (Wildman–Crippen MR) is 60.5 cm³/mol. The van der Waals surface area contributed by atoms with Crippen molar-refractivity contribution in [2.75, 3.05) is 17.7 Å². The number of ether oxygens (including phenoxy) is 1. The van der Waals surface area contributed by atoms with Crippen LogP contribution in [-0.4, -0.2) is 17.7 Å². The Morgan fingerprint density at radius 3 is 3.06 bits per heavy atom. The van der Waals surface area contributed by atoms with E-state index in [1.54, 1.807) is 18.2 Å². The third-order valence-electron chi connectivity index (χ3n) is 2.44. The van der Waals surface area contributed by atoms with Gasteiger partial charge in [-0.15, -0.1) is 0 Å². The van der Waals surface area contributed by atoms with Crippen LogP contribution in [0.4, 0.5) is 11.6 Å². The Labute approximate surface area is 96.3 Å². The Morgan fingerprint density at radius 2 is 2.29 bits per heavy atom. The molecule has 3 rings (SSSR count).